The van der Waals surface area contributed by atoms with Gasteiger partial charge >= 0.3 is 0 Å². The molecule has 0 atom stereocenters. The first-order chi connectivity index (χ1) is 15.8. The molecule has 0 fully saturated rings. The number of aryl methyl sites for hydroxylation is 1. The van der Waals surface area contributed by atoms with Crippen molar-refractivity contribution in [2.45, 2.75) is 4.90 Å². The molecule has 0 saturated carbocycles. The zero-order valence-electron chi connectivity index (χ0n) is 18.8. The summed E-state index contributed by atoms with van der Waals surface area (Å²) in [7, 11) is -4.03. The van der Waals surface area contributed by atoms with E-state index in [2.05, 4.69) is 32.7 Å². The van der Waals surface area contributed by atoms with Crippen LogP contribution < -0.4 is 0 Å². The number of likely N-dealkylation sites (N-methyl/N-ethyl adjacent to an activating group) is 1. The summed E-state index contributed by atoms with van der Waals surface area (Å²) in [5.74, 6) is -0.574. The maximum atomic E-state index is 12.7. The molecule has 0 saturated heterocycles. The second-order valence-corrected chi connectivity index (χ2v) is 12.2. The number of hydrogen-bond acceptors (Lipinski definition) is 8. The van der Waals surface area contributed by atoms with Crippen molar-refractivity contribution in [2.24, 2.45) is 7.05 Å². The lowest BCUT2D eigenvalue weighted by atomic mass is 10.2. The number of benzene rings is 1. The highest BCUT2D eigenvalue weighted by Gasteiger charge is 2.21. The average molecular weight is 574 g/mol. The Hall–Kier alpha value is -2.55. The van der Waals surface area contributed by atoms with Crippen LogP contribution in [0.4, 0.5) is 0 Å². The molecule has 2 heterocycles. The number of carbonyl (C=O) groups is 1. The third-order valence-electron chi connectivity index (χ3n) is 4.94. The molecule has 1 aromatic carbocycles. The highest BCUT2D eigenvalue weighted by atomic mass is 79.9. The summed E-state index contributed by atoms with van der Waals surface area (Å²) in [5, 5.41) is 8.43. The second-order valence-electron chi connectivity index (χ2n) is 7.54. The first-order valence-corrected chi connectivity index (χ1v) is 14.3. The number of nitrogens with zero attached hydrogens (tertiary/aromatic N) is 5. The second kappa shape index (κ2) is 9.98. The highest BCUT2D eigenvalue weighted by Crippen LogP contribution is 2.27. The van der Waals surface area contributed by atoms with Crippen LogP contribution in [-0.2, 0) is 31.6 Å². The van der Waals surface area contributed by atoms with Gasteiger partial charge in [0.25, 0.3) is 15.9 Å². The van der Waals surface area contributed by atoms with E-state index in [0.29, 0.717) is 10.9 Å². The van der Waals surface area contributed by atoms with Gasteiger partial charge in [0, 0.05) is 37.8 Å². The first-order valence-electron chi connectivity index (χ1n) is 9.96. The van der Waals surface area contributed by atoms with Crippen molar-refractivity contribution in [1.29, 1.82) is 0 Å². The van der Waals surface area contributed by atoms with Gasteiger partial charge in [-0.15, -0.1) is 5.10 Å². The van der Waals surface area contributed by atoms with Crippen molar-refractivity contribution in [2.75, 3.05) is 38.8 Å². The number of halogens is 1. The Morgan fingerprint density at radius 1 is 1.24 bits per heavy atom. The van der Waals surface area contributed by atoms with E-state index in [1.807, 2.05) is 0 Å². The van der Waals surface area contributed by atoms with Gasteiger partial charge in [-0.25, -0.2) is 16.8 Å². The summed E-state index contributed by atoms with van der Waals surface area (Å²) < 4.78 is 57.2. The number of hydrogen-bond donors (Lipinski definition) is 0. The van der Waals surface area contributed by atoms with E-state index in [0.717, 1.165) is 10.3 Å². The van der Waals surface area contributed by atoms with E-state index >= 15 is 0 Å². The summed E-state index contributed by atoms with van der Waals surface area (Å²) in [6.07, 6.45) is 4.25. The lowest BCUT2D eigenvalue weighted by Crippen LogP contribution is -2.31. The number of rotatable bonds is 10. The molecule has 11 nitrogen and oxygen atoms in total. The fourth-order valence-corrected chi connectivity index (χ4v) is 5.65. The third kappa shape index (κ3) is 5.56. The van der Waals surface area contributed by atoms with Crippen LogP contribution in [0.5, 0.6) is 0 Å². The molecule has 1 amide bonds. The van der Waals surface area contributed by atoms with Crippen LogP contribution in [0, 0.1) is 0 Å². The molecular weight excluding hydrogens is 550 g/mol. The maximum Gasteiger partial charge on any atom is 0.274 e. The van der Waals surface area contributed by atoms with Gasteiger partial charge in [-0.3, -0.25) is 9.48 Å². The van der Waals surface area contributed by atoms with Gasteiger partial charge in [-0.2, -0.15) is 9.19 Å². The highest BCUT2D eigenvalue weighted by molar-refractivity contribution is 9.10. The van der Waals surface area contributed by atoms with Crippen LogP contribution in [0.15, 0.2) is 40.5 Å². The number of fused-ring (bicyclic) bond motifs is 1. The Balaban J connectivity index is 1.58. The lowest BCUT2D eigenvalue weighted by Gasteiger charge is -2.16. The van der Waals surface area contributed by atoms with Gasteiger partial charge < -0.3 is 9.64 Å². The average Bonchev–Trinajstić information content (AvgIpc) is 3.32. The van der Waals surface area contributed by atoms with E-state index in [4.69, 9.17) is 4.74 Å². The summed E-state index contributed by atoms with van der Waals surface area (Å²) >= 11 is 3.18. The predicted octanol–water partition coefficient (Wildman–Crippen LogP) is 1.55. The molecule has 0 aliphatic carbocycles. The Labute approximate surface area is 206 Å². The minimum Gasteiger partial charge on any atom is -0.379 e. The monoisotopic (exact) mass is 573 g/mol. The van der Waals surface area contributed by atoms with Crippen molar-refractivity contribution >= 4 is 58.7 Å². The number of aromatic nitrogens is 4. The molecule has 0 radical (unpaired) electrons. The fraction of sp³-hybridized carbons (Fsp3) is 0.350. The number of ether oxygens (including phenoxy) is 1. The Kier molecular flexibility index (Phi) is 7.65. The van der Waals surface area contributed by atoms with Gasteiger partial charge in [0.1, 0.15) is 4.60 Å². The van der Waals surface area contributed by atoms with Gasteiger partial charge in [-0.1, -0.05) is 12.7 Å². The van der Waals surface area contributed by atoms with Gasteiger partial charge in [-0.05, 0) is 34.1 Å². The van der Waals surface area contributed by atoms with E-state index in [-0.39, 0.29) is 52.1 Å². The van der Waals surface area contributed by atoms with Crippen LogP contribution in [0.25, 0.3) is 17.0 Å². The largest absolute Gasteiger partial charge is 0.379 e. The predicted molar refractivity (Wildman–Crippen MR) is 131 cm³/mol. The molecule has 184 valence electrons. The molecule has 34 heavy (non-hydrogen) atoms. The topological polar surface area (TPSA) is 133 Å². The third-order valence-corrected chi connectivity index (χ3v) is 8.11. The molecule has 0 unspecified atom stereocenters. The van der Waals surface area contributed by atoms with E-state index < -0.39 is 19.9 Å². The summed E-state index contributed by atoms with van der Waals surface area (Å²) in [6.45, 7) is 3.98. The smallest absolute Gasteiger partial charge is 0.274 e. The molecule has 0 aliphatic rings. The minimum absolute atomic E-state index is 0.0248. The SMILES string of the molecule is C=Cc1cn(C)nc1C(=O)N(C)CCOCCS(=O)(=O)c1ccc2c(c1)c(Br)nn2S(C)(=O)=O. The number of carbonyl (C=O) groups excluding carboxylic acids is 1. The lowest BCUT2D eigenvalue weighted by molar-refractivity contribution is 0.0705. The number of sulfone groups is 1. The van der Waals surface area contributed by atoms with E-state index in [9.17, 15) is 21.6 Å². The van der Waals surface area contributed by atoms with E-state index in [1.165, 1.54) is 27.8 Å². The molecule has 3 aromatic rings. The van der Waals surface area contributed by atoms with Crippen molar-refractivity contribution in [3.8, 4) is 0 Å². The van der Waals surface area contributed by atoms with Crippen LogP contribution in [-0.4, -0.2) is 85.4 Å². The molecule has 0 N–H and O–H groups in total. The number of amides is 1. The zero-order valence-corrected chi connectivity index (χ0v) is 22.0. The zero-order chi connectivity index (χ0) is 25.3. The first kappa shape index (κ1) is 26.1. The van der Waals surface area contributed by atoms with Crippen LogP contribution in [0.2, 0.25) is 0 Å². The molecular formula is C20H24BrN5O6S2. The van der Waals surface area contributed by atoms with Gasteiger partial charge in [0.15, 0.2) is 15.5 Å². The maximum absolute atomic E-state index is 12.7. The molecule has 0 bridgehead atoms. The summed E-state index contributed by atoms with van der Waals surface area (Å²) in [6, 6.07) is 4.11. The van der Waals surface area contributed by atoms with Crippen molar-refractivity contribution < 1.29 is 26.4 Å². The van der Waals surface area contributed by atoms with Gasteiger partial charge in [0.2, 0.25) is 0 Å². The van der Waals surface area contributed by atoms with Gasteiger partial charge in [0.05, 0.1) is 35.6 Å². The summed E-state index contributed by atoms with van der Waals surface area (Å²) in [4.78, 5) is 14.0. The summed E-state index contributed by atoms with van der Waals surface area (Å²) in [5.41, 5.74) is 1.17. The van der Waals surface area contributed by atoms with Crippen LogP contribution in [0.1, 0.15) is 16.1 Å². The van der Waals surface area contributed by atoms with E-state index in [1.54, 1.807) is 26.4 Å². The quantitative estimate of drug-likeness (QED) is 0.333. The fourth-order valence-electron chi connectivity index (χ4n) is 3.18. The van der Waals surface area contributed by atoms with Crippen LogP contribution >= 0.6 is 15.9 Å². The van der Waals surface area contributed by atoms with Crippen molar-refractivity contribution in [1.82, 2.24) is 23.9 Å². The molecule has 14 heteroatoms. The minimum atomic E-state index is -3.70. The van der Waals surface area contributed by atoms with Crippen LogP contribution in [0.3, 0.4) is 0 Å². The van der Waals surface area contributed by atoms with Crippen molar-refractivity contribution in [3.63, 3.8) is 0 Å². The van der Waals surface area contributed by atoms with Crippen molar-refractivity contribution in [3.05, 3.63) is 46.8 Å². The molecule has 3 rings (SSSR count). The molecule has 0 spiro atoms. The standard InChI is InChI=1S/C20H24BrN5O6S2/c1-5-14-13-25(3)22-18(14)20(27)24(2)8-9-32-10-11-34(30,31)15-6-7-17-16(12-15)19(21)23-26(17)33(4,28)29/h5-7,12-13H,1,8-11H2,2-4H3. The normalized spacial score (nSPS) is 12.2. The molecule has 0 aliphatic heterocycles. The Morgan fingerprint density at radius 3 is 2.59 bits per heavy atom. The Morgan fingerprint density at radius 2 is 1.94 bits per heavy atom. The Bertz CT molecular complexity index is 1460. The molecule has 2 aromatic heterocycles.